The number of piperidine rings is 1. The second-order valence-electron chi connectivity index (χ2n) is 4.07. The smallest absolute Gasteiger partial charge is 0.268 e. The number of rotatable bonds is 2. The fourth-order valence-electron chi connectivity index (χ4n) is 1.72. The lowest BCUT2D eigenvalue weighted by atomic mass is 9.92. The molecular formula is C11H23F2NO. The van der Waals surface area contributed by atoms with Crippen molar-refractivity contribution in [3.63, 3.8) is 0 Å². The number of hydrogen-bond acceptors (Lipinski definition) is 2. The lowest BCUT2D eigenvalue weighted by molar-refractivity contribution is -0.135. The van der Waals surface area contributed by atoms with E-state index in [0.29, 0.717) is 6.42 Å². The zero-order valence-electron chi connectivity index (χ0n) is 10.1. The highest BCUT2D eigenvalue weighted by Crippen LogP contribution is 2.28. The number of nitrogens with zero attached hydrogens (tertiary/aromatic N) is 1. The van der Waals surface area contributed by atoms with Crippen molar-refractivity contribution < 1.29 is 13.9 Å². The average molecular weight is 223 g/mol. The third-order valence-electron chi connectivity index (χ3n) is 2.67. The molecule has 1 aliphatic heterocycles. The molecular weight excluding hydrogens is 200 g/mol. The summed E-state index contributed by atoms with van der Waals surface area (Å²) < 4.78 is 24.9. The maximum Gasteiger partial charge on any atom is 0.268 e. The monoisotopic (exact) mass is 223 g/mol. The van der Waals surface area contributed by atoms with Gasteiger partial charge in [-0.25, -0.2) is 8.78 Å². The van der Waals surface area contributed by atoms with E-state index in [9.17, 15) is 13.9 Å². The Bertz CT molecular complexity index is 176. The third-order valence-corrected chi connectivity index (χ3v) is 2.67. The van der Waals surface area contributed by atoms with Crippen molar-refractivity contribution in [2.45, 2.75) is 58.6 Å². The van der Waals surface area contributed by atoms with Gasteiger partial charge in [-0.2, -0.15) is 0 Å². The van der Waals surface area contributed by atoms with Crippen LogP contribution in [-0.2, 0) is 0 Å². The van der Waals surface area contributed by atoms with E-state index in [1.165, 1.54) is 0 Å². The van der Waals surface area contributed by atoms with Crippen LogP contribution in [0.4, 0.5) is 8.78 Å². The first kappa shape index (κ1) is 14.8. The Balaban J connectivity index is 0.000000921. The number of alkyl halides is 2. The van der Waals surface area contributed by atoms with Gasteiger partial charge in [0.05, 0.1) is 0 Å². The molecule has 2 nitrogen and oxygen atoms in total. The molecule has 1 N–H and O–H groups in total. The summed E-state index contributed by atoms with van der Waals surface area (Å²) >= 11 is 0. The number of likely N-dealkylation sites (tertiary alicyclic amines) is 1. The molecule has 1 unspecified atom stereocenters. The van der Waals surface area contributed by atoms with Crippen molar-refractivity contribution in [3.8, 4) is 0 Å². The minimum atomic E-state index is -2.63. The highest BCUT2D eigenvalue weighted by Gasteiger charge is 2.41. The molecule has 0 saturated carbocycles. The molecule has 0 aliphatic carbocycles. The zero-order chi connectivity index (χ0) is 12.1. The molecule has 0 aromatic rings. The summed E-state index contributed by atoms with van der Waals surface area (Å²) in [5.41, 5.74) is -1.78. The molecule has 0 spiro atoms. The quantitative estimate of drug-likeness (QED) is 0.777. The van der Waals surface area contributed by atoms with Gasteiger partial charge in [0.2, 0.25) is 0 Å². The van der Waals surface area contributed by atoms with Gasteiger partial charge in [-0.05, 0) is 33.2 Å². The van der Waals surface area contributed by atoms with E-state index < -0.39 is 12.0 Å². The van der Waals surface area contributed by atoms with Crippen LogP contribution in [0, 0.1) is 0 Å². The summed E-state index contributed by atoms with van der Waals surface area (Å²) in [6.07, 6.45) is -1.76. The standard InChI is InChI=1S/C9H17F2NO.C2H6/c1-7(2)12-5-3-4-9(13,6-12)8(10)11;1-2/h7-8,13H,3-6H2,1-2H3;1-2H3. The van der Waals surface area contributed by atoms with Crippen molar-refractivity contribution in [3.05, 3.63) is 0 Å². The van der Waals surface area contributed by atoms with E-state index >= 15 is 0 Å². The molecule has 4 heteroatoms. The van der Waals surface area contributed by atoms with E-state index in [-0.39, 0.29) is 19.0 Å². The zero-order valence-corrected chi connectivity index (χ0v) is 10.1. The Hall–Kier alpha value is -0.220. The van der Waals surface area contributed by atoms with Crippen molar-refractivity contribution in [2.75, 3.05) is 13.1 Å². The fourth-order valence-corrected chi connectivity index (χ4v) is 1.72. The largest absolute Gasteiger partial charge is 0.383 e. The predicted octanol–water partition coefficient (Wildman–Crippen LogP) is 2.51. The maximum atomic E-state index is 12.5. The summed E-state index contributed by atoms with van der Waals surface area (Å²) in [7, 11) is 0. The highest BCUT2D eigenvalue weighted by molar-refractivity contribution is 4.90. The third kappa shape index (κ3) is 4.03. The normalized spacial score (nSPS) is 27.8. The maximum absolute atomic E-state index is 12.5. The van der Waals surface area contributed by atoms with Gasteiger partial charge in [0.25, 0.3) is 6.43 Å². The Kier molecular flexibility index (Phi) is 6.29. The topological polar surface area (TPSA) is 23.5 Å². The minimum absolute atomic E-state index is 0.0995. The van der Waals surface area contributed by atoms with E-state index in [1.807, 2.05) is 32.6 Å². The molecule has 1 aliphatic rings. The van der Waals surface area contributed by atoms with Crippen molar-refractivity contribution in [2.24, 2.45) is 0 Å². The number of aliphatic hydroxyl groups is 1. The number of halogens is 2. The fraction of sp³-hybridized carbons (Fsp3) is 1.00. The average Bonchev–Trinajstić information content (AvgIpc) is 2.20. The molecule has 0 radical (unpaired) electrons. The SMILES string of the molecule is CC.CC(C)N1CCCC(O)(C(F)F)C1. The lowest BCUT2D eigenvalue weighted by Gasteiger charge is -2.40. The Morgan fingerprint density at radius 2 is 1.80 bits per heavy atom. The molecule has 15 heavy (non-hydrogen) atoms. The van der Waals surface area contributed by atoms with Crippen molar-refractivity contribution in [1.29, 1.82) is 0 Å². The summed E-state index contributed by atoms with van der Waals surface area (Å²) in [5.74, 6) is 0. The van der Waals surface area contributed by atoms with Crippen LogP contribution in [0.1, 0.15) is 40.5 Å². The second kappa shape index (κ2) is 6.38. The summed E-state index contributed by atoms with van der Waals surface area (Å²) in [5, 5.41) is 9.58. The first-order valence-electron chi connectivity index (χ1n) is 5.70. The van der Waals surface area contributed by atoms with Crippen molar-refractivity contribution >= 4 is 0 Å². The van der Waals surface area contributed by atoms with Gasteiger partial charge in [-0.3, -0.25) is 4.90 Å². The molecule has 1 heterocycles. The number of β-amino-alcohol motifs (C(OH)–C–C–N with tert-alkyl or cyclic N) is 1. The molecule has 1 atom stereocenters. The summed E-state index contributed by atoms with van der Waals surface area (Å²) in [6, 6.07) is 0.227. The Morgan fingerprint density at radius 3 is 2.20 bits per heavy atom. The van der Waals surface area contributed by atoms with Gasteiger partial charge >= 0.3 is 0 Å². The molecule has 92 valence electrons. The predicted molar refractivity (Wildman–Crippen MR) is 58.2 cm³/mol. The van der Waals surface area contributed by atoms with Gasteiger partial charge in [-0.15, -0.1) is 0 Å². The van der Waals surface area contributed by atoms with Crippen LogP contribution in [0.25, 0.3) is 0 Å². The van der Waals surface area contributed by atoms with Gasteiger partial charge in [0.15, 0.2) is 0 Å². The van der Waals surface area contributed by atoms with Crippen LogP contribution < -0.4 is 0 Å². The molecule has 1 rings (SSSR count). The summed E-state index contributed by atoms with van der Waals surface area (Å²) in [6.45, 7) is 8.82. The molecule has 0 aromatic heterocycles. The Morgan fingerprint density at radius 1 is 1.27 bits per heavy atom. The van der Waals surface area contributed by atoms with E-state index in [2.05, 4.69) is 0 Å². The van der Waals surface area contributed by atoms with Crippen LogP contribution in [-0.4, -0.2) is 41.2 Å². The molecule has 0 bridgehead atoms. The van der Waals surface area contributed by atoms with Crippen LogP contribution >= 0.6 is 0 Å². The van der Waals surface area contributed by atoms with Gasteiger partial charge in [0, 0.05) is 12.6 Å². The number of hydrogen-bond donors (Lipinski definition) is 1. The molecule has 1 saturated heterocycles. The van der Waals surface area contributed by atoms with Gasteiger partial charge in [-0.1, -0.05) is 13.8 Å². The van der Waals surface area contributed by atoms with Crippen molar-refractivity contribution in [1.82, 2.24) is 4.90 Å². The minimum Gasteiger partial charge on any atom is -0.383 e. The summed E-state index contributed by atoms with van der Waals surface area (Å²) in [4.78, 5) is 1.90. The van der Waals surface area contributed by atoms with E-state index in [4.69, 9.17) is 0 Å². The van der Waals surface area contributed by atoms with Crippen LogP contribution in [0.2, 0.25) is 0 Å². The van der Waals surface area contributed by atoms with Crippen LogP contribution in [0.15, 0.2) is 0 Å². The highest BCUT2D eigenvalue weighted by atomic mass is 19.3. The van der Waals surface area contributed by atoms with Gasteiger partial charge in [0.1, 0.15) is 5.60 Å². The lowest BCUT2D eigenvalue weighted by Crippen LogP contribution is -2.54. The first-order chi connectivity index (χ1) is 6.96. The van der Waals surface area contributed by atoms with Crippen LogP contribution in [0.3, 0.4) is 0 Å². The first-order valence-corrected chi connectivity index (χ1v) is 5.70. The van der Waals surface area contributed by atoms with Gasteiger partial charge < -0.3 is 5.11 Å². The second-order valence-corrected chi connectivity index (χ2v) is 4.07. The molecule has 1 fully saturated rings. The molecule has 0 amide bonds. The molecule has 0 aromatic carbocycles. The van der Waals surface area contributed by atoms with E-state index in [0.717, 1.165) is 6.54 Å². The Labute approximate surface area is 91.3 Å². The van der Waals surface area contributed by atoms with Crippen LogP contribution in [0.5, 0.6) is 0 Å². The van der Waals surface area contributed by atoms with E-state index in [1.54, 1.807) is 0 Å².